The second kappa shape index (κ2) is 5.85. The van der Waals surface area contributed by atoms with Crippen LogP contribution < -0.4 is 0 Å². The van der Waals surface area contributed by atoms with E-state index < -0.39 is 8.32 Å². The molecule has 0 aromatic heterocycles. The molecule has 1 atom stereocenters. The van der Waals surface area contributed by atoms with E-state index in [-0.39, 0.29) is 0 Å². The van der Waals surface area contributed by atoms with Gasteiger partial charge >= 0.3 is 0 Å². The van der Waals surface area contributed by atoms with E-state index in [1.807, 2.05) is 18.2 Å². The van der Waals surface area contributed by atoms with E-state index in [1.165, 1.54) is 5.56 Å². The number of halogens is 1. The van der Waals surface area contributed by atoms with Crippen LogP contribution >= 0.6 is 11.6 Å². The van der Waals surface area contributed by atoms with Gasteiger partial charge in [-0.15, -0.1) is 0 Å². The fraction of sp³-hybridized carbons (Fsp3) is 0.538. The molecule has 0 unspecified atom stereocenters. The lowest BCUT2D eigenvalue weighted by molar-refractivity contribution is 0.190. The Hall–Kier alpha value is -0.313. The summed E-state index contributed by atoms with van der Waals surface area (Å²) in [4.78, 5) is 0. The maximum Gasteiger partial charge on any atom is 0.184 e. The third kappa shape index (κ3) is 4.68. The summed E-state index contributed by atoms with van der Waals surface area (Å²) in [5, 5.41) is 0.847. The summed E-state index contributed by atoms with van der Waals surface area (Å²) in [7, 11) is -1.46. The Balaban J connectivity index is 2.67. The highest BCUT2D eigenvalue weighted by Crippen LogP contribution is 2.20. The van der Waals surface area contributed by atoms with Crippen molar-refractivity contribution in [1.29, 1.82) is 0 Å². The van der Waals surface area contributed by atoms with E-state index >= 15 is 0 Å². The molecule has 1 aromatic carbocycles. The third-order valence-corrected chi connectivity index (χ3v) is 3.79. The van der Waals surface area contributed by atoms with Crippen LogP contribution in [0.4, 0.5) is 0 Å². The van der Waals surface area contributed by atoms with Gasteiger partial charge in [-0.25, -0.2) is 0 Å². The fourth-order valence-electron chi connectivity index (χ4n) is 1.68. The van der Waals surface area contributed by atoms with E-state index in [0.717, 1.165) is 17.9 Å². The molecule has 0 radical (unpaired) electrons. The highest BCUT2D eigenvalue weighted by Gasteiger charge is 2.20. The summed E-state index contributed by atoms with van der Waals surface area (Å²) in [5.74, 6) is 0. The fourth-order valence-corrected chi connectivity index (χ4v) is 3.14. The standard InChI is InChI=1S/C13H21ClOSi/c1-5-12(15-16(2,3)4)10-11-8-6-7-9-13(11)14/h6-9,12H,5,10H2,1-4H3/t12-/m0/s1. The molecule has 0 N–H and O–H groups in total. The van der Waals surface area contributed by atoms with Crippen LogP contribution in [0.15, 0.2) is 24.3 Å². The Morgan fingerprint density at radius 3 is 2.38 bits per heavy atom. The van der Waals surface area contributed by atoms with Crippen LogP contribution in [-0.4, -0.2) is 14.4 Å². The van der Waals surface area contributed by atoms with Crippen LogP contribution in [0, 0.1) is 0 Å². The molecular formula is C13H21ClOSi. The Bertz CT molecular complexity index is 333. The Kier molecular flexibility index (Phi) is 5.03. The van der Waals surface area contributed by atoms with Gasteiger partial charge in [0, 0.05) is 11.1 Å². The molecule has 0 saturated heterocycles. The van der Waals surface area contributed by atoms with Gasteiger partial charge in [0.05, 0.1) is 0 Å². The molecule has 1 rings (SSSR count). The first kappa shape index (κ1) is 13.8. The van der Waals surface area contributed by atoms with Crippen LogP contribution in [0.3, 0.4) is 0 Å². The van der Waals surface area contributed by atoms with Crippen LogP contribution in [0.2, 0.25) is 24.7 Å². The van der Waals surface area contributed by atoms with Gasteiger partial charge in [-0.3, -0.25) is 0 Å². The van der Waals surface area contributed by atoms with E-state index in [0.29, 0.717) is 6.10 Å². The van der Waals surface area contributed by atoms with Crippen molar-refractivity contribution in [3.8, 4) is 0 Å². The van der Waals surface area contributed by atoms with Crippen molar-refractivity contribution in [2.45, 2.75) is 45.5 Å². The zero-order valence-electron chi connectivity index (χ0n) is 10.6. The van der Waals surface area contributed by atoms with Gasteiger partial charge in [0.25, 0.3) is 0 Å². The molecule has 1 nitrogen and oxygen atoms in total. The Morgan fingerprint density at radius 1 is 1.25 bits per heavy atom. The van der Waals surface area contributed by atoms with E-state index in [4.69, 9.17) is 16.0 Å². The zero-order valence-corrected chi connectivity index (χ0v) is 12.3. The van der Waals surface area contributed by atoms with Gasteiger partial charge < -0.3 is 4.43 Å². The SMILES string of the molecule is CC[C@@H](Cc1ccccc1Cl)O[Si](C)(C)C. The maximum atomic E-state index is 6.15. The molecular weight excluding hydrogens is 236 g/mol. The van der Waals surface area contributed by atoms with Gasteiger partial charge in [0.2, 0.25) is 0 Å². The molecule has 0 aliphatic carbocycles. The first-order valence-corrected chi connectivity index (χ1v) is 9.62. The third-order valence-electron chi connectivity index (χ3n) is 2.38. The normalized spacial score (nSPS) is 13.8. The first-order chi connectivity index (χ1) is 7.42. The Morgan fingerprint density at radius 2 is 1.88 bits per heavy atom. The average Bonchev–Trinajstić information content (AvgIpc) is 2.18. The van der Waals surface area contributed by atoms with Gasteiger partial charge in [0.1, 0.15) is 0 Å². The molecule has 0 heterocycles. The van der Waals surface area contributed by atoms with E-state index in [2.05, 4.69) is 32.6 Å². The summed E-state index contributed by atoms with van der Waals surface area (Å²) < 4.78 is 6.13. The molecule has 0 bridgehead atoms. The average molecular weight is 257 g/mol. The lowest BCUT2D eigenvalue weighted by Crippen LogP contribution is -2.32. The largest absolute Gasteiger partial charge is 0.414 e. The second-order valence-corrected chi connectivity index (χ2v) is 9.92. The predicted octanol–water partition coefficient (Wildman–Crippen LogP) is 4.51. The number of hydrogen-bond acceptors (Lipinski definition) is 1. The van der Waals surface area contributed by atoms with Gasteiger partial charge in [-0.1, -0.05) is 36.7 Å². The van der Waals surface area contributed by atoms with E-state index in [9.17, 15) is 0 Å². The van der Waals surface area contributed by atoms with Crippen molar-refractivity contribution in [2.24, 2.45) is 0 Å². The van der Waals surface area contributed by atoms with Crippen molar-refractivity contribution >= 4 is 19.9 Å². The molecule has 1 aromatic rings. The number of rotatable bonds is 5. The van der Waals surface area contributed by atoms with Crippen molar-refractivity contribution in [1.82, 2.24) is 0 Å². The monoisotopic (exact) mass is 256 g/mol. The summed E-state index contributed by atoms with van der Waals surface area (Å²) in [6.07, 6.45) is 2.25. The first-order valence-electron chi connectivity index (χ1n) is 5.83. The summed E-state index contributed by atoms with van der Waals surface area (Å²) in [6, 6.07) is 8.02. The molecule has 16 heavy (non-hydrogen) atoms. The molecule has 90 valence electrons. The topological polar surface area (TPSA) is 9.23 Å². The van der Waals surface area contributed by atoms with Crippen LogP contribution in [0.5, 0.6) is 0 Å². The molecule has 0 spiro atoms. The molecule has 3 heteroatoms. The van der Waals surface area contributed by atoms with E-state index in [1.54, 1.807) is 0 Å². The maximum absolute atomic E-state index is 6.15. The molecule has 0 saturated carbocycles. The zero-order chi connectivity index (χ0) is 12.2. The predicted molar refractivity (Wildman–Crippen MR) is 73.7 cm³/mol. The lowest BCUT2D eigenvalue weighted by atomic mass is 10.1. The van der Waals surface area contributed by atoms with Crippen molar-refractivity contribution in [3.05, 3.63) is 34.9 Å². The Labute approximate surface area is 105 Å². The molecule has 0 amide bonds. The second-order valence-electron chi connectivity index (χ2n) is 5.06. The minimum Gasteiger partial charge on any atom is -0.414 e. The van der Waals surface area contributed by atoms with Gasteiger partial charge in [-0.05, 0) is 44.1 Å². The van der Waals surface area contributed by atoms with Gasteiger partial charge in [-0.2, -0.15) is 0 Å². The minimum atomic E-state index is -1.46. The number of benzene rings is 1. The summed E-state index contributed by atoms with van der Waals surface area (Å²) >= 11 is 6.15. The van der Waals surface area contributed by atoms with Gasteiger partial charge in [0.15, 0.2) is 8.32 Å². The van der Waals surface area contributed by atoms with Crippen LogP contribution in [0.1, 0.15) is 18.9 Å². The van der Waals surface area contributed by atoms with Crippen molar-refractivity contribution < 1.29 is 4.43 Å². The molecule has 0 aliphatic rings. The van der Waals surface area contributed by atoms with Crippen molar-refractivity contribution in [2.75, 3.05) is 0 Å². The summed E-state index contributed by atoms with van der Waals surface area (Å²) in [6.45, 7) is 8.84. The minimum absolute atomic E-state index is 0.298. The lowest BCUT2D eigenvalue weighted by Gasteiger charge is -2.25. The highest BCUT2D eigenvalue weighted by molar-refractivity contribution is 6.69. The quantitative estimate of drug-likeness (QED) is 0.705. The molecule has 0 fully saturated rings. The van der Waals surface area contributed by atoms with Crippen LogP contribution in [0.25, 0.3) is 0 Å². The van der Waals surface area contributed by atoms with Crippen molar-refractivity contribution in [3.63, 3.8) is 0 Å². The smallest absolute Gasteiger partial charge is 0.184 e. The molecule has 0 aliphatic heterocycles. The highest BCUT2D eigenvalue weighted by atomic mass is 35.5. The summed E-state index contributed by atoms with van der Waals surface area (Å²) in [5.41, 5.74) is 1.19. The number of hydrogen-bond donors (Lipinski definition) is 0. The van der Waals surface area contributed by atoms with Crippen LogP contribution in [-0.2, 0) is 10.8 Å².